The highest BCUT2D eigenvalue weighted by molar-refractivity contribution is 5.86. The van der Waals surface area contributed by atoms with Gasteiger partial charge in [0.25, 0.3) is 0 Å². The molecule has 0 amide bonds. The number of methoxy groups -OCH3 is 1. The number of ether oxygens (including phenoxy) is 1. The Kier molecular flexibility index (Phi) is 4.79. The van der Waals surface area contributed by atoms with E-state index in [4.69, 9.17) is 0 Å². The normalized spacial score (nSPS) is 14.5. The largest absolute Gasteiger partial charge is 0.463 e. The van der Waals surface area contributed by atoms with Crippen LogP contribution in [0.1, 0.15) is 22.6 Å². The maximum atomic E-state index is 13.4. The van der Waals surface area contributed by atoms with Crippen LogP contribution in [0.3, 0.4) is 0 Å². The van der Waals surface area contributed by atoms with Crippen LogP contribution in [0, 0.1) is 0 Å². The zero-order valence-corrected chi connectivity index (χ0v) is 13.8. The second-order valence-electron chi connectivity index (χ2n) is 5.58. The van der Waals surface area contributed by atoms with Crippen molar-refractivity contribution in [3.63, 3.8) is 0 Å². The molecule has 0 fully saturated rings. The second-order valence-corrected chi connectivity index (χ2v) is 5.58. The van der Waals surface area contributed by atoms with Crippen LogP contribution >= 0.6 is 0 Å². The SMILES string of the molecule is COC(=O)c1ncc(-c2cccc(C3=CCC=CC=C3C(F)(F)F)c2)[nH]1. The minimum absolute atomic E-state index is 0.0293. The van der Waals surface area contributed by atoms with Crippen LogP contribution in [0.2, 0.25) is 0 Å². The van der Waals surface area contributed by atoms with Gasteiger partial charge in [0.05, 0.1) is 24.6 Å². The number of carbonyl (C=O) groups is 1. The summed E-state index contributed by atoms with van der Waals surface area (Å²) >= 11 is 0. The van der Waals surface area contributed by atoms with Crippen molar-refractivity contribution in [3.8, 4) is 11.3 Å². The van der Waals surface area contributed by atoms with Crippen LogP contribution < -0.4 is 0 Å². The van der Waals surface area contributed by atoms with Gasteiger partial charge >= 0.3 is 12.1 Å². The Labute approximate surface area is 147 Å². The van der Waals surface area contributed by atoms with Crippen LogP contribution in [-0.4, -0.2) is 29.2 Å². The standard InChI is InChI=1S/C19H15F3N2O2/c1-26-18(25)17-23-11-16(24-17)13-7-5-6-12(10-13)14-8-3-2-4-9-15(14)19(20,21)22/h2,4-11H,3H2,1H3,(H,23,24). The lowest BCUT2D eigenvalue weighted by Gasteiger charge is -2.15. The highest BCUT2D eigenvalue weighted by Crippen LogP contribution is 2.38. The molecule has 1 aliphatic carbocycles. The third-order valence-electron chi connectivity index (χ3n) is 3.89. The summed E-state index contributed by atoms with van der Waals surface area (Å²) in [6, 6.07) is 6.64. The summed E-state index contributed by atoms with van der Waals surface area (Å²) in [6.45, 7) is 0. The van der Waals surface area contributed by atoms with E-state index in [2.05, 4.69) is 14.7 Å². The average Bonchev–Trinajstić information content (AvgIpc) is 2.97. The van der Waals surface area contributed by atoms with Crippen molar-refractivity contribution >= 4 is 11.5 Å². The number of rotatable bonds is 3. The lowest BCUT2D eigenvalue weighted by molar-refractivity contribution is -0.0870. The van der Waals surface area contributed by atoms with E-state index in [0.29, 0.717) is 23.2 Å². The topological polar surface area (TPSA) is 55.0 Å². The molecule has 3 rings (SSSR count). The maximum absolute atomic E-state index is 13.4. The fourth-order valence-corrected chi connectivity index (χ4v) is 2.67. The Morgan fingerprint density at radius 2 is 2.04 bits per heavy atom. The zero-order valence-electron chi connectivity index (χ0n) is 13.8. The van der Waals surface area contributed by atoms with Gasteiger partial charge in [0, 0.05) is 5.56 Å². The third kappa shape index (κ3) is 3.61. The van der Waals surface area contributed by atoms with Crippen molar-refractivity contribution in [1.29, 1.82) is 0 Å². The van der Waals surface area contributed by atoms with Gasteiger partial charge < -0.3 is 9.72 Å². The van der Waals surface area contributed by atoms with E-state index in [-0.39, 0.29) is 11.4 Å². The van der Waals surface area contributed by atoms with Crippen LogP contribution in [0.15, 0.2) is 60.3 Å². The molecule has 0 bridgehead atoms. The average molecular weight is 360 g/mol. The Morgan fingerprint density at radius 1 is 1.27 bits per heavy atom. The van der Waals surface area contributed by atoms with Crippen molar-refractivity contribution in [2.45, 2.75) is 12.6 Å². The first-order chi connectivity index (χ1) is 12.4. The molecular formula is C19H15F3N2O2. The highest BCUT2D eigenvalue weighted by atomic mass is 19.4. The van der Waals surface area contributed by atoms with Crippen molar-refractivity contribution in [3.05, 3.63) is 71.7 Å². The fourth-order valence-electron chi connectivity index (χ4n) is 2.67. The number of carbonyl (C=O) groups excluding carboxylic acids is 1. The number of imidazole rings is 1. The Morgan fingerprint density at radius 3 is 2.77 bits per heavy atom. The van der Waals surface area contributed by atoms with Gasteiger partial charge in [-0.1, -0.05) is 36.4 Å². The van der Waals surface area contributed by atoms with E-state index in [1.54, 1.807) is 36.4 Å². The molecule has 0 atom stereocenters. The lowest BCUT2D eigenvalue weighted by atomic mass is 9.95. The first-order valence-electron chi connectivity index (χ1n) is 7.79. The minimum Gasteiger partial charge on any atom is -0.463 e. The molecule has 7 heteroatoms. The van der Waals surface area contributed by atoms with Crippen molar-refractivity contribution in [1.82, 2.24) is 9.97 Å². The number of aromatic amines is 1. The number of benzene rings is 1. The van der Waals surface area contributed by atoms with Gasteiger partial charge in [-0.05, 0) is 29.7 Å². The number of allylic oxidation sites excluding steroid dienone is 6. The summed E-state index contributed by atoms with van der Waals surface area (Å²) < 4.78 is 44.8. The number of nitrogens with one attached hydrogen (secondary N) is 1. The molecule has 0 saturated heterocycles. The lowest BCUT2D eigenvalue weighted by Crippen LogP contribution is -2.13. The van der Waals surface area contributed by atoms with Crippen molar-refractivity contribution < 1.29 is 22.7 Å². The van der Waals surface area contributed by atoms with Gasteiger partial charge in [-0.2, -0.15) is 13.2 Å². The molecule has 1 N–H and O–H groups in total. The molecule has 0 unspecified atom stereocenters. The number of nitrogens with zero attached hydrogens (tertiary/aromatic N) is 1. The number of aromatic nitrogens is 2. The van der Waals surface area contributed by atoms with E-state index in [1.165, 1.54) is 19.4 Å². The summed E-state index contributed by atoms with van der Waals surface area (Å²) in [7, 11) is 1.24. The zero-order chi connectivity index (χ0) is 18.7. The van der Waals surface area contributed by atoms with Crippen molar-refractivity contribution in [2.24, 2.45) is 0 Å². The molecular weight excluding hydrogens is 345 g/mol. The van der Waals surface area contributed by atoms with Gasteiger partial charge in [0.2, 0.25) is 5.82 Å². The molecule has 1 heterocycles. The minimum atomic E-state index is -4.46. The quantitative estimate of drug-likeness (QED) is 0.808. The Bertz CT molecular complexity index is 921. The molecule has 1 aliphatic rings. The molecule has 0 saturated carbocycles. The monoisotopic (exact) mass is 360 g/mol. The smallest absolute Gasteiger partial charge is 0.416 e. The maximum Gasteiger partial charge on any atom is 0.416 e. The number of alkyl halides is 3. The molecule has 26 heavy (non-hydrogen) atoms. The van der Waals surface area contributed by atoms with E-state index in [0.717, 1.165) is 6.08 Å². The number of halogens is 3. The van der Waals surface area contributed by atoms with E-state index < -0.39 is 17.7 Å². The fraction of sp³-hybridized carbons (Fsp3) is 0.158. The summed E-state index contributed by atoms with van der Waals surface area (Å²) in [5, 5.41) is 0. The van der Waals surface area contributed by atoms with Gasteiger partial charge in [0.1, 0.15) is 0 Å². The summed E-state index contributed by atoms with van der Waals surface area (Å²) in [6.07, 6.45) is 3.10. The first kappa shape index (κ1) is 17.7. The van der Waals surface area contributed by atoms with Gasteiger partial charge in [0.15, 0.2) is 0 Å². The van der Waals surface area contributed by atoms with Crippen LogP contribution in [-0.2, 0) is 4.74 Å². The number of H-pyrrole nitrogens is 1. The van der Waals surface area contributed by atoms with Gasteiger partial charge in [-0.3, -0.25) is 0 Å². The third-order valence-corrected chi connectivity index (χ3v) is 3.89. The first-order valence-corrected chi connectivity index (χ1v) is 7.79. The van der Waals surface area contributed by atoms with E-state index in [1.807, 2.05) is 0 Å². The summed E-state index contributed by atoms with van der Waals surface area (Å²) in [5.41, 5.74) is 0.992. The molecule has 0 aliphatic heterocycles. The Balaban J connectivity index is 2.00. The molecule has 0 radical (unpaired) electrons. The van der Waals surface area contributed by atoms with Crippen molar-refractivity contribution in [2.75, 3.05) is 7.11 Å². The predicted molar refractivity (Wildman–Crippen MR) is 91.2 cm³/mol. The number of hydrogen-bond donors (Lipinski definition) is 1. The summed E-state index contributed by atoms with van der Waals surface area (Å²) in [4.78, 5) is 18.2. The highest BCUT2D eigenvalue weighted by Gasteiger charge is 2.36. The summed E-state index contributed by atoms with van der Waals surface area (Å²) in [5.74, 6) is -0.589. The van der Waals surface area contributed by atoms with Crippen LogP contribution in [0.5, 0.6) is 0 Å². The molecule has 1 aromatic heterocycles. The van der Waals surface area contributed by atoms with Crippen LogP contribution in [0.25, 0.3) is 16.8 Å². The van der Waals surface area contributed by atoms with E-state index in [9.17, 15) is 18.0 Å². The van der Waals surface area contributed by atoms with E-state index >= 15 is 0 Å². The number of hydrogen-bond acceptors (Lipinski definition) is 3. The molecule has 2 aromatic rings. The molecule has 134 valence electrons. The number of esters is 1. The molecule has 0 spiro atoms. The van der Waals surface area contributed by atoms with Gasteiger partial charge in [-0.25, -0.2) is 9.78 Å². The molecule has 1 aromatic carbocycles. The second kappa shape index (κ2) is 7.03. The van der Waals surface area contributed by atoms with Crippen LogP contribution in [0.4, 0.5) is 13.2 Å². The molecule has 4 nitrogen and oxygen atoms in total. The predicted octanol–water partition coefficient (Wildman–Crippen LogP) is 4.70. The Hall–Kier alpha value is -3.09. The van der Waals surface area contributed by atoms with Gasteiger partial charge in [-0.15, -0.1) is 0 Å².